The number of rotatable bonds is 23. The van der Waals surface area contributed by atoms with Gasteiger partial charge in [0.1, 0.15) is 30.2 Å². The predicted octanol–water partition coefficient (Wildman–Crippen LogP) is -3.39. The first-order valence-corrected chi connectivity index (χ1v) is 18.9. The van der Waals surface area contributed by atoms with Crippen LogP contribution >= 0.6 is 0 Å². The molecule has 322 valence electrons. The van der Waals surface area contributed by atoms with E-state index in [-0.39, 0.29) is 5.56 Å². The zero-order valence-corrected chi connectivity index (χ0v) is 33.7. The van der Waals surface area contributed by atoms with Crippen molar-refractivity contribution in [3.8, 4) is 11.1 Å². The molecule has 0 aliphatic heterocycles. The summed E-state index contributed by atoms with van der Waals surface area (Å²) in [5, 5.41) is 51.8. The van der Waals surface area contributed by atoms with Gasteiger partial charge in [0.25, 0.3) is 5.91 Å². The third-order valence-electron chi connectivity index (χ3n) is 9.01. The number of aryl methyl sites for hydroxylation is 1. The zero-order valence-electron chi connectivity index (χ0n) is 33.7. The molecule has 0 aromatic heterocycles. The Kier molecular flexibility index (Phi) is 20.1. The van der Waals surface area contributed by atoms with Gasteiger partial charge in [0.05, 0.1) is 32.1 Å². The number of benzene rings is 2. The average Bonchev–Trinajstić information content (AvgIpc) is 3.19. The first-order chi connectivity index (χ1) is 27.8. The highest BCUT2D eigenvalue weighted by Gasteiger charge is 2.34. The summed E-state index contributed by atoms with van der Waals surface area (Å²) >= 11 is 0. The molecule has 21 heteroatoms. The Labute approximate surface area is 342 Å². The van der Waals surface area contributed by atoms with Crippen molar-refractivity contribution in [1.29, 1.82) is 0 Å². The van der Waals surface area contributed by atoms with Gasteiger partial charge in [-0.05, 0) is 62.4 Å². The molecule has 0 fully saturated rings. The van der Waals surface area contributed by atoms with E-state index in [1.54, 1.807) is 24.3 Å². The van der Waals surface area contributed by atoms with E-state index in [0.29, 0.717) is 0 Å². The molecule has 0 heterocycles. The smallest absolute Gasteiger partial charge is 0.426 e. The van der Waals surface area contributed by atoms with Crippen molar-refractivity contribution in [1.82, 2.24) is 36.8 Å². The number of nitrogens with two attached hydrogens (primary N) is 1. The molecule has 0 saturated heterocycles. The lowest BCUT2D eigenvalue weighted by Gasteiger charge is -2.30. The molecule has 20 nitrogen and oxygen atoms in total. The second-order valence-electron chi connectivity index (χ2n) is 13.9. The van der Waals surface area contributed by atoms with Crippen LogP contribution in [-0.4, -0.2) is 142 Å². The van der Waals surface area contributed by atoms with Crippen molar-refractivity contribution in [3.05, 3.63) is 59.7 Å². The Morgan fingerprint density at radius 2 is 1.29 bits per heavy atom. The van der Waals surface area contributed by atoms with Crippen LogP contribution < -0.4 is 37.6 Å². The maximum absolute atomic E-state index is 13.1. The molecule has 59 heavy (non-hydrogen) atoms. The molecule has 2 rings (SSSR count). The maximum atomic E-state index is 13.1. The molecule has 8 amide bonds. The Balaban J connectivity index is 1.94. The Bertz CT molecular complexity index is 1780. The number of aliphatic hydroxyl groups is 2. The van der Waals surface area contributed by atoms with Crippen LogP contribution in [-0.2, 0) is 40.0 Å². The van der Waals surface area contributed by atoms with Crippen LogP contribution in [0.1, 0.15) is 62.9 Å². The highest BCUT2D eigenvalue weighted by Crippen LogP contribution is 2.21. The normalized spacial score (nSPS) is 13.8. The second-order valence-corrected chi connectivity index (χ2v) is 13.9. The Morgan fingerprint density at radius 1 is 0.729 bits per heavy atom. The minimum atomic E-state index is -1.91. The number of hydrogen-bond acceptors (Lipinski definition) is 12. The van der Waals surface area contributed by atoms with Crippen molar-refractivity contribution < 1.29 is 58.6 Å². The summed E-state index contributed by atoms with van der Waals surface area (Å²) in [6.45, 7) is 4.33. The van der Waals surface area contributed by atoms with Gasteiger partial charge in [0.15, 0.2) is 0 Å². The molecule has 6 atom stereocenters. The Morgan fingerprint density at radius 3 is 1.81 bits per heavy atom. The Hall–Kier alpha value is -5.90. The van der Waals surface area contributed by atoms with Gasteiger partial charge >= 0.3 is 7.12 Å². The highest BCUT2D eigenvalue weighted by atomic mass is 16.4. The molecule has 0 aliphatic carbocycles. The lowest BCUT2D eigenvalue weighted by Crippen LogP contribution is -2.59. The summed E-state index contributed by atoms with van der Waals surface area (Å²) in [4.78, 5) is 102. The summed E-state index contributed by atoms with van der Waals surface area (Å²) in [6.07, 6.45) is 0.423. The molecule has 0 spiro atoms. The van der Waals surface area contributed by atoms with E-state index < -0.39 is 117 Å². The van der Waals surface area contributed by atoms with Gasteiger partial charge in [-0.1, -0.05) is 49.7 Å². The van der Waals surface area contributed by atoms with E-state index in [1.807, 2.05) is 12.1 Å². The number of primary amides is 1. The minimum Gasteiger partial charge on any atom is -0.426 e. The van der Waals surface area contributed by atoms with Crippen LogP contribution in [0.5, 0.6) is 0 Å². The first-order valence-electron chi connectivity index (χ1n) is 18.9. The maximum Gasteiger partial charge on any atom is 0.472 e. The molecule has 0 aliphatic rings. The number of carbonyl (C=O) groups excluding carboxylic acids is 8. The lowest BCUT2D eigenvalue weighted by atomic mass is 9.92. The standard InChI is InChI=1S/C38H55BN8O12/c1-6-7-8-24-9-11-25(12-10-24)26-13-15-27(16-14-26)35(54)46-29(19-48)37(56)43-21(2)33(52)41-18-31(51)47(5)32(23(4)49)38(57)44-22(3)34(53)45-28(17-30(40)50)36(55)42-20-39(58)59/h9-16,21-23,28-29,32,48-49,58-59H,6-8,17-20H2,1-5H3,(H2,40,50)(H,41,52)(H,42,55)(H,43,56)(H,44,57)(H,45,53)(H,46,54)/t21-,22+,23?,28+,29-,32+/m1/s1. The van der Waals surface area contributed by atoms with Crippen molar-refractivity contribution in [2.24, 2.45) is 5.73 Å². The summed E-state index contributed by atoms with van der Waals surface area (Å²) in [7, 11) is -0.764. The van der Waals surface area contributed by atoms with Gasteiger partial charge in [0.2, 0.25) is 41.4 Å². The lowest BCUT2D eigenvalue weighted by molar-refractivity contribution is -0.144. The average molecular weight is 827 g/mol. The van der Waals surface area contributed by atoms with Crippen LogP contribution in [0.3, 0.4) is 0 Å². The van der Waals surface area contributed by atoms with Gasteiger partial charge in [-0.15, -0.1) is 0 Å². The van der Waals surface area contributed by atoms with Gasteiger partial charge in [-0.25, -0.2) is 0 Å². The third-order valence-corrected chi connectivity index (χ3v) is 9.01. The van der Waals surface area contributed by atoms with E-state index in [9.17, 15) is 48.6 Å². The SMILES string of the molecule is CCCCc1ccc(-c2ccc(C(=O)N[C@H](CO)C(=O)N[C@H](C)C(=O)NCC(=O)N(C)[C@H](C(=O)N[C@@H](C)C(=O)N[C@@H](CC(N)=O)C(=O)NCB(O)O)C(C)O)cc2)cc1. The van der Waals surface area contributed by atoms with Gasteiger partial charge < -0.3 is 62.8 Å². The molecular weight excluding hydrogens is 771 g/mol. The summed E-state index contributed by atoms with van der Waals surface area (Å²) in [5.74, 6) is -7.16. The van der Waals surface area contributed by atoms with Crippen LogP contribution in [0, 0.1) is 0 Å². The predicted molar refractivity (Wildman–Crippen MR) is 214 cm³/mol. The number of likely N-dealkylation sites (N-methyl/N-ethyl adjacent to an activating group) is 1. The molecule has 0 radical (unpaired) electrons. The molecule has 2 aromatic carbocycles. The van der Waals surface area contributed by atoms with Crippen LogP contribution in [0.25, 0.3) is 11.1 Å². The van der Waals surface area contributed by atoms with E-state index in [4.69, 9.17) is 15.8 Å². The van der Waals surface area contributed by atoms with E-state index in [2.05, 4.69) is 51.0 Å². The summed E-state index contributed by atoms with van der Waals surface area (Å²) in [5.41, 5.74) is 8.45. The number of carbonyl (C=O) groups is 8. The van der Waals surface area contributed by atoms with Crippen molar-refractivity contribution in [2.75, 3.05) is 26.6 Å². The minimum absolute atomic E-state index is 0.227. The van der Waals surface area contributed by atoms with Gasteiger partial charge in [-0.2, -0.15) is 0 Å². The largest absolute Gasteiger partial charge is 0.472 e. The number of aliphatic hydroxyl groups excluding tert-OH is 2. The fraction of sp³-hybridized carbons (Fsp3) is 0.474. The van der Waals surface area contributed by atoms with Crippen molar-refractivity contribution in [3.63, 3.8) is 0 Å². The second kappa shape index (κ2) is 24.1. The number of nitrogens with zero attached hydrogens (tertiary/aromatic N) is 1. The monoisotopic (exact) mass is 826 g/mol. The molecule has 1 unspecified atom stereocenters. The van der Waals surface area contributed by atoms with Crippen molar-refractivity contribution in [2.45, 2.75) is 89.7 Å². The van der Waals surface area contributed by atoms with E-state index in [0.717, 1.165) is 42.3 Å². The number of hydrogen-bond donors (Lipinski definition) is 11. The third kappa shape index (κ3) is 16.1. The fourth-order valence-electron chi connectivity index (χ4n) is 5.57. The first kappa shape index (κ1) is 49.3. The highest BCUT2D eigenvalue weighted by molar-refractivity contribution is 6.41. The van der Waals surface area contributed by atoms with E-state index >= 15 is 0 Å². The van der Waals surface area contributed by atoms with Crippen LogP contribution in [0.2, 0.25) is 0 Å². The topological polar surface area (TPSA) is 319 Å². The number of unbranched alkanes of at least 4 members (excludes halogenated alkanes) is 1. The molecule has 0 saturated carbocycles. The van der Waals surface area contributed by atoms with Crippen LogP contribution in [0.4, 0.5) is 0 Å². The van der Waals surface area contributed by atoms with Gasteiger partial charge in [0, 0.05) is 12.6 Å². The number of nitrogens with one attached hydrogen (secondary N) is 6. The number of amides is 8. The molecule has 2 aromatic rings. The zero-order chi connectivity index (χ0) is 44.4. The van der Waals surface area contributed by atoms with Crippen molar-refractivity contribution >= 4 is 54.4 Å². The van der Waals surface area contributed by atoms with E-state index in [1.165, 1.54) is 26.3 Å². The fourth-order valence-corrected chi connectivity index (χ4v) is 5.57. The molecular formula is C38H55BN8O12. The summed E-state index contributed by atoms with van der Waals surface area (Å²) < 4.78 is 0. The molecule has 0 bridgehead atoms. The molecule has 12 N–H and O–H groups in total. The quantitative estimate of drug-likeness (QED) is 0.0489. The van der Waals surface area contributed by atoms with Crippen LogP contribution in [0.15, 0.2) is 48.5 Å². The summed E-state index contributed by atoms with van der Waals surface area (Å²) in [6, 6.07) is 7.61. The van der Waals surface area contributed by atoms with Gasteiger partial charge in [-0.3, -0.25) is 38.4 Å².